The molecule has 0 unspecified atom stereocenters. The smallest absolute Gasteiger partial charge is 0.0352 e. The van der Waals surface area contributed by atoms with Gasteiger partial charge in [0.05, 0.1) is 0 Å². The second kappa shape index (κ2) is 16.9. The van der Waals surface area contributed by atoms with Gasteiger partial charge in [0, 0.05) is 20.9 Å². The molecule has 10 rings (SSSR count). The quantitative estimate of drug-likeness (QED) is 0.136. The maximum atomic E-state index is 2.33. The first-order chi connectivity index (χ1) is 30.5. The molecule has 62 heavy (non-hydrogen) atoms. The van der Waals surface area contributed by atoms with Crippen molar-refractivity contribution in [2.24, 2.45) is 0 Å². The van der Waals surface area contributed by atoms with Gasteiger partial charge >= 0.3 is 0 Å². The third-order valence-corrected chi connectivity index (χ3v) is 14.2. The summed E-state index contributed by atoms with van der Waals surface area (Å²) >= 11 is 3.63. The van der Waals surface area contributed by atoms with Gasteiger partial charge in [-0.3, -0.25) is 0 Å². The predicted molar refractivity (Wildman–Crippen MR) is 270 cm³/mol. The third-order valence-electron chi connectivity index (χ3n) is 12.5. The first-order valence-corrected chi connectivity index (χ1v) is 23.1. The minimum Gasteiger partial charge on any atom is -0.144 e. The molecule has 0 aliphatic rings. The second-order valence-corrected chi connectivity index (χ2v) is 18.0. The van der Waals surface area contributed by atoms with Gasteiger partial charge in [-0.25, -0.2) is 0 Å². The van der Waals surface area contributed by atoms with E-state index in [4.69, 9.17) is 0 Å². The highest BCUT2D eigenvalue weighted by Gasteiger charge is 2.26. The predicted octanol–water partition coefficient (Wildman–Crippen LogP) is 18.0. The van der Waals surface area contributed by atoms with Gasteiger partial charge in [-0.15, -0.1) is 22.7 Å². The van der Waals surface area contributed by atoms with Crippen molar-refractivity contribution in [1.82, 2.24) is 0 Å². The molecule has 0 N–H and O–H groups in total. The van der Waals surface area contributed by atoms with Crippen LogP contribution in [0.3, 0.4) is 0 Å². The van der Waals surface area contributed by atoms with E-state index < -0.39 is 0 Å². The lowest BCUT2D eigenvalue weighted by Gasteiger charge is -2.25. The van der Waals surface area contributed by atoms with Crippen LogP contribution in [-0.2, 0) is 0 Å². The molecule has 0 saturated heterocycles. The molecule has 2 heteroatoms. The molecule has 0 atom stereocenters. The summed E-state index contributed by atoms with van der Waals surface area (Å²) in [5.74, 6) is 0. The van der Waals surface area contributed by atoms with Gasteiger partial charge in [-0.2, -0.15) is 0 Å². The first-order valence-electron chi connectivity index (χ1n) is 21.3. The van der Waals surface area contributed by atoms with Crippen LogP contribution in [-0.4, -0.2) is 0 Å². The zero-order chi connectivity index (χ0) is 42.2. The summed E-state index contributed by atoms with van der Waals surface area (Å²) in [6.07, 6.45) is 0. The van der Waals surface area contributed by atoms with Crippen LogP contribution in [0.15, 0.2) is 205 Å². The van der Waals surface area contributed by atoms with E-state index in [2.05, 4.69) is 233 Å². The van der Waals surface area contributed by atoms with Gasteiger partial charge in [0.25, 0.3) is 0 Å². The van der Waals surface area contributed by atoms with Gasteiger partial charge in [-0.05, 0) is 151 Å². The molecule has 0 spiro atoms. The molecule has 10 aromatic rings. The Morgan fingerprint density at radius 1 is 0.210 bits per heavy atom. The Balaban J connectivity index is 1.12. The SMILES string of the molecule is Cc1c(-c2ccccc2)c(C)c(-c2cccs2)c(-c2ccc(-c3ccc(-c4c(-c5ccccc5)c(C)c(-c5ccccc5)c(C)c4-c4cccs4)cc3)cc2)c1-c1ccccc1. The second-order valence-electron chi connectivity index (χ2n) is 16.1. The molecule has 0 fully saturated rings. The Hall–Kier alpha value is -6.84. The highest BCUT2D eigenvalue weighted by Crippen LogP contribution is 2.51. The van der Waals surface area contributed by atoms with Gasteiger partial charge in [0.2, 0.25) is 0 Å². The minimum atomic E-state index is 1.20. The maximum absolute atomic E-state index is 2.33. The Labute approximate surface area is 374 Å². The van der Waals surface area contributed by atoms with Crippen LogP contribution in [0.25, 0.3) is 98.8 Å². The minimum absolute atomic E-state index is 1.20. The molecule has 0 radical (unpaired) electrons. The molecular weight excluding hydrogens is 785 g/mol. The topological polar surface area (TPSA) is 0 Å². The van der Waals surface area contributed by atoms with Crippen molar-refractivity contribution >= 4 is 22.7 Å². The monoisotopic (exact) mass is 830 g/mol. The summed E-state index contributed by atoms with van der Waals surface area (Å²) in [6, 6.07) is 71.1. The molecule has 0 aliphatic carbocycles. The molecule has 2 heterocycles. The van der Waals surface area contributed by atoms with E-state index in [1.165, 1.54) is 121 Å². The first kappa shape index (κ1) is 39.3. The van der Waals surface area contributed by atoms with Crippen molar-refractivity contribution in [3.63, 3.8) is 0 Å². The average molecular weight is 831 g/mol. The lowest BCUT2D eigenvalue weighted by molar-refractivity contribution is 1.37. The van der Waals surface area contributed by atoms with Crippen molar-refractivity contribution in [2.45, 2.75) is 27.7 Å². The van der Waals surface area contributed by atoms with Gasteiger partial charge in [0.1, 0.15) is 0 Å². The van der Waals surface area contributed by atoms with Crippen molar-refractivity contribution in [3.8, 4) is 98.8 Å². The van der Waals surface area contributed by atoms with Crippen LogP contribution >= 0.6 is 22.7 Å². The average Bonchev–Trinajstić information content (AvgIpc) is 4.07. The summed E-state index contributed by atoms with van der Waals surface area (Å²) in [5.41, 5.74) is 25.4. The normalized spacial score (nSPS) is 11.2. The number of benzene rings is 8. The van der Waals surface area contributed by atoms with E-state index >= 15 is 0 Å². The van der Waals surface area contributed by atoms with Crippen LogP contribution in [0.4, 0.5) is 0 Å². The molecule has 298 valence electrons. The van der Waals surface area contributed by atoms with E-state index in [1.807, 2.05) is 22.7 Å². The molecule has 0 aliphatic heterocycles. The molecular formula is C60H46S2. The summed E-state index contributed by atoms with van der Waals surface area (Å²) < 4.78 is 0. The van der Waals surface area contributed by atoms with Gasteiger partial charge in [0.15, 0.2) is 0 Å². The van der Waals surface area contributed by atoms with Crippen molar-refractivity contribution < 1.29 is 0 Å². The highest BCUT2D eigenvalue weighted by atomic mass is 32.1. The summed E-state index contributed by atoms with van der Waals surface area (Å²) in [4.78, 5) is 2.57. The van der Waals surface area contributed by atoms with Gasteiger partial charge < -0.3 is 0 Å². The molecule has 0 bridgehead atoms. The fourth-order valence-electron chi connectivity index (χ4n) is 9.76. The Bertz CT molecular complexity index is 2910. The maximum Gasteiger partial charge on any atom is 0.0352 e. The van der Waals surface area contributed by atoms with Crippen molar-refractivity contribution in [3.05, 3.63) is 227 Å². The Morgan fingerprint density at radius 3 is 0.758 bits per heavy atom. The van der Waals surface area contributed by atoms with Gasteiger partial charge in [-0.1, -0.05) is 182 Å². The largest absolute Gasteiger partial charge is 0.144 e. The summed E-state index contributed by atoms with van der Waals surface area (Å²) in [7, 11) is 0. The fraction of sp³-hybridized carbons (Fsp3) is 0.0667. The lowest BCUT2D eigenvalue weighted by atomic mass is 9.79. The van der Waals surface area contributed by atoms with Crippen LogP contribution in [0.2, 0.25) is 0 Å². The molecule has 0 amide bonds. The zero-order valence-corrected chi connectivity index (χ0v) is 37.1. The summed E-state index contributed by atoms with van der Waals surface area (Å²) in [6.45, 7) is 9.23. The number of rotatable bonds is 9. The van der Waals surface area contributed by atoms with Crippen LogP contribution in [0.5, 0.6) is 0 Å². The number of hydrogen-bond acceptors (Lipinski definition) is 2. The van der Waals surface area contributed by atoms with Crippen LogP contribution in [0.1, 0.15) is 22.3 Å². The summed E-state index contributed by atoms with van der Waals surface area (Å²) in [5, 5.41) is 4.39. The molecule has 0 saturated carbocycles. The van der Waals surface area contributed by atoms with Crippen LogP contribution < -0.4 is 0 Å². The van der Waals surface area contributed by atoms with E-state index in [-0.39, 0.29) is 0 Å². The van der Waals surface area contributed by atoms with E-state index in [0.717, 1.165) is 0 Å². The zero-order valence-electron chi connectivity index (χ0n) is 35.4. The number of hydrogen-bond donors (Lipinski definition) is 0. The lowest BCUT2D eigenvalue weighted by Crippen LogP contribution is -2.00. The fourth-order valence-corrected chi connectivity index (χ4v) is 11.4. The van der Waals surface area contributed by atoms with Crippen molar-refractivity contribution in [2.75, 3.05) is 0 Å². The third kappa shape index (κ3) is 7.06. The number of thiophene rings is 2. The van der Waals surface area contributed by atoms with Crippen LogP contribution in [0, 0.1) is 27.7 Å². The highest BCUT2D eigenvalue weighted by molar-refractivity contribution is 7.14. The molecule has 2 aromatic heterocycles. The Morgan fingerprint density at radius 2 is 0.468 bits per heavy atom. The standard InChI is InChI=1S/C60H46S2/c1-39-53(45-19-9-5-10-20-45)41(3)57(51-27-17-37-61-51)59(55(39)47-23-13-7-14-24-47)49-33-29-43(30-34-49)44-31-35-50(36-32-44)60-56(48-25-15-8-16-26-48)40(2)54(46-21-11-6-12-22-46)42(4)58(60)52-28-18-38-62-52/h5-38H,1-4H3. The Kier molecular flexibility index (Phi) is 10.7. The van der Waals surface area contributed by atoms with E-state index in [9.17, 15) is 0 Å². The van der Waals surface area contributed by atoms with Crippen molar-refractivity contribution in [1.29, 1.82) is 0 Å². The molecule has 8 aromatic carbocycles. The van der Waals surface area contributed by atoms with E-state index in [1.54, 1.807) is 0 Å². The van der Waals surface area contributed by atoms with E-state index in [0.29, 0.717) is 0 Å². The molecule has 0 nitrogen and oxygen atoms in total.